The molecule has 132 valence electrons. The third-order valence-electron chi connectivity index (χ3n) is 4.70. The summed E-state index contributed by atoms with van der Waals surface area (Å²) < 4.78 is 5.12. The van der Waals surface area contributed by atoms with Crippen LogP contribution in [0.15, 0.2) is 34.9 Å². The molecular weight excluding hydrogens is 318 g/mol. The Morgan fingerprint density at radius 3 is 2.72 bits per heavy atom. The molecule has 0 radical (unpaired) electrons. The standard InChI is InChI=1S/C19H23N3O3/c1-13-17(14(2)25-21-13)11-18(23)22-10-6-7-15(12-22)19(24)20-16-8-4-3-5-9-16/h3-5,8-9,15H,6-7,10-12H2,1-2H3,(H,20,24). The van der Waals surface area contributed by atoms with Crippen LogP contribution in [-0.4, -0.2) is 35.0 Å². The minimum absolute atomic E-state index is 0.0200. The SMILES string of the molecule is Cc1noc(C)c1CC(=O)N1CCCC(C(=O)Nc2ccccc2)C1. The summed E-state index contributed by atoms with van der Waals surface area (Å²) in [6.45, 7) is 4.80. The minimum atomic E-state index is -0.178. The Morgan fingerprint density at radius 1 is 1.28 bits per heavy atom. The first kappa shape index (κ1) is 17.2. The summed E-state index contributed by atoms with van der Waals surface area (Å²) in [4.78, 5) is 26.9. The summed E-state index contributed by atoms with van der Waals surface area (Å²) in [5, 5.41) is 6.83. The maximum atomic E-state index is 12.6. The molecule has 0 aliphatic carbocycles. The number of anilines is 1. The maximum Gasteiger partial charge on any atom is 0.229 e. The van der Waals surface area contributed by atoms with Crippen molar-refractivity contribution in [3.63, 3.8) is 0 Å². The van der Waals surface area contributed by atoms with Gasteiger partial charge in [0.05, 0.1) is 18.0 Å². The number of amides is 2. The molecule has 0 saturated carbocycles. The molecule has 1 aromatic heterocycles. The van der Waals surface area contributed by atoms with Gasteiger partial charge in [0.2, 0.25) is 11.8 Å². The number of aryl methyl sites for hydroxylation is 2. The number of nitrogens with one attached hydrogen (secondary N) is 1. The molecule has 2 aromatic rings. The van der Waals surface area contributed by atoms with E-state index in [-0.39, 0.29) is 24.2 Å². The van der Waals surface area contributed by atoms with Crippen LogP contribution in [0.5, 0.6) is 0 Å². The lowest BCUT2D eigenvalue weighted by atomic mass is 9.96. The molecule has 1 aromatic carbocycles. The number of nitrogens with zero attached hydrogens (tertiary/aromatic N) is 2. The van der Waals surface area contributed by atoms with E-state index in [2.05, 4.69) is 10.5 Å². The monoisotopic (exact) mass is 341 g/mol. The van der Waals surface area contributed by atoms with Crippen molar-refractivity contribution in [3.05, 3.63) is 47.3 Å². The normalized spacial score (nSPS) is 17.4. The average Bonchev–Trinajstić information content (AvgIpc) is 2.94. The highest BCUT2D eigenvalue weighted by atomic mass is 16.5. The average molecular weight is 341 g/mol. The second-order valence-electron chi connectivity index (χ2n) is 6.51. The van der Waals surface area contributed by atoms with E-state index in [1.165, 1.54) is 0 Å². The Morgan fingerprint density at radius 2 is 2.04 bits per heavy atom. The Bertz CT molecular complexity index is 735. The Kier molecular flexibility index (Phi) is 5.16. The number of carbonyl (C=O) groups is 2. The lowest BCUT2D eigenvalue weighted by Crippen LogP contribution is -2.44. The van der Waals surface area contributed by atoms with Crippen LogP contribution in [0.1, 0.15) is 29.9 Å². The lowest BCUT2D eigenvalue weighted by Gasteiger charge is -2.32. The van der Waals surface area contributed by atoms with Crippen LogP contribution in [0.2, 0.25) is 0 Å². The van der Waals surface area contributed by atoms with E-state index in [1.54, 1.807) is 4.90 Å². The van der Waals surface area contributed by atoms with Gasteiger partial charge in [-0.25, -0.2) is 0 Å². The van der Waals surface area contributed by atoms with Crippen LogP contribution in [0, 0.1) is 19.8 Å². The lowest BCUT2D eigenvalue weighted by molar-refractivity contribution is -0.134. The third-order valence-corrected chi connectivity index (χ3v) is 4.70. The molecule has 1 unspecified atom stereocenters. The molecule has 1 atom stereocenters. The Balaban J connectivity index is 1.60. The molecule has 1 aliphatic heterocycles. The Hall–Kier alpha value is -2.63. The van der Waals surface area contributed by atoms with Gasteiger partial charge in [0, 0.05) is 24.3 Å². The first-order chi connectivity index (χ1) is 12.0. The van der Waals surface area contributed by atoms with Crippen molar-refractivity contribution in [2.24, 2.45) is 5.92 Å². The number of piperidine rings is 1. The number of carbonyl (C=O) groups excluding carboxylic acids is 2. The van der Waals surface area contributed by atoms with E-state index in [0.29, 0.717) is 18.8 Å². The molecule has 6 nitrogen and oxygen atoms in total. The number of rotatable bonds is 4. The summed E-state index contributed by atoms with van der Waals surface area (Å²) in [5.41, 5.74) is 2.38. The molecule has 25 heavy (non-hydrogen) atoms. The first-order valence-corrected chi connectivity index (χ1v) is 8.60. The molecule has 1 fully saturated rings. The molecule has 2 amide bonds. The zero-order chi connectivity index (χ0) is 17.8. The van der Waals surface area contributed by atoms with Gasteiger partial charge in [0.1, 0.15) is 5.76 Å². The van der Waals surface area contributed by atoms with Crippen LogP contribution >= 0.6 is 0 Å². The molecule has 0 bridgehead atoms. The zero-order valence-corrected chi connectivity index (χ0v) is 14.6. The minimum Gasteiger partial charge on any atom is -0.361 e. The topological polar surface area (TPSA) is 75.4 Å². The molecule has 1 aliphatic rings. The number of hydrogen-bond acceptors (Lipinski definition) is 4. The van der Waals surface area contributed by atoms with Crippen molar-refractivity contribution in [3.8, 4) is 0 Å². The summed E-state index contributed by atoms with van der Waals surface area (Å²) >= 11 is 0. The van der Waals surface area contributed by atoms with Gasteiger partial charge in [-0.3, -0.25) is 9.59 Å². The van der Waals surface area contributed by atoms with Crippen molar-refractivity contribution >= 4 is 17.5 Å². The summed E-state index contributed by atoms with van der Waals surface area (Å²) in [6.07, 6.45) is 1.90. The summed E-state index contributed by atoms with van der Waals surface area (Å²) in [5.74, 6) is 0.497. The highest BCUT2D eigenvalue weighted by Crippen LogP contribution is 2.21. The molecule has 6 heteroatoms. The fourth-order valence-corrected chi connectivity index (χ4v) is 3.20. The van der Waals surface area contributed by atoms with E-state index in [9.17, 15) is 9.59 Å². The fraction of sp³-hybridized carbons (Fsp3) is 0.421. The summed E-state index contributed by atoms with van der Waals surface area (Å²) in [6, 6.07) is 9.40. The molecular formula is C19H23N3O3. The van der Waals surface area contributed by atoms with Gasteiger partial charge in [0.15, 0.2) is 0 Å². The molecule has 0 spiro atoms. The third kappa shape index (κ3) is 4.07. The number of para-hydroxylation sites is 1. The van der Waals surface area contributed by atoms with Crippen molar-refractivity contribution in [2.45, 2.75) is 33.1 Å². The maximum absolute atomic E-state index is 12.6. The van der Waals surface area contributed by atoms with Gasteiger partial charge in [-0.1, -0.05) is 23.4 Å². The quantitative estimate of drug-likeness (QED) is 0.928. The largest absolute Gasteiger partial charge is 0.361 e. The van der Waals surface area contributed by atoms with Gasteiger partial charge in [0.25, 0.3) is 0 Å². The number of benzene rings is 1. The van der Waals surface area contributed by atoms with Gasteiger partial charge < -0.3 is 14.7 Å². The molecule has 1 saturated heterocycles. The highest BCUT2D eigenvalue weighted by Gasteiger charge is 2.29. The molecule has 2 heterocycles. The second-order valence-corrected chi connectivity index (χ2v) is 6.51. The van der Waals surface area contributed by atoms with Crippen LogP contribution in [0.25, 0.3) is 0 Å². The smallest absolute Gasteiger partial charge is 0.229 e. The van der Waals surface area contributed by atoms with E-state index in [0.717, 1.165) is 29.8 Å². The van der Waals surface area contributed by atoms with Gasteiger partial charge in [-0.2, -0.15) is 0 Å². The number of likely N-dealkylation sites (tertiary alicyclic amines) is 1. The molecule has 3 rings (SSSR count). The predicted molar refractivity (Wildman–Crippen MR) is 94.1 cm³/mol. The van der Waals surface area contributed by atoms with Crippen molar-refractivity contribution in [1.29, 1.82) is 0 Å². The van der Waals surface area contributed by atoms with Crippen LogP contribution in [0.4, 0.5) is 5.69 Å². The van der Waals surface area contributed by atoms with E-state index < -0.39 is 0 Å². The Labute approximate surface area is 147 Å². The second kappa shape index (κ2) is 7.51. The van der Waals surface area contributed by atoms with Crippen molar-refractivity contribution < 1.29 is 14.1 Å². The van der Waals surface area contributed by atoms with Crippen LogP contribution in [0.3, 0.4) is 0 Å². The predicted octanol–water partition coefficient (Wildman–Crippen LogP) is 2.71. The van der Waals surface area contributed by atoms with Gasteiger partial charge in [-0.05, 0) is 38.8 Å². The fourth-order valence-electron chi connectivity index (χ4n) is 3.20. The van der Waals surface area contributed by atoms with Crippen molar-refractivity contribution in [2.75, 3.05) is 18.4 Å². The molecule has 1 N–H and O–H groups in total. The van der Waals surface area contributed by atoms with Gasteiger partial charge in [-0.15, -0.1) is 0 Å². The van der Waals surface area contributed by atoms with Crippen LogP contribution < -0.4 is 5.32 Å². The van der Waals surface area contributed by atoms with E-state index in [4.69, 9.17) is 4.52 Å². The van der Waals surface area contributed by atoms with Crippen molar-refractivity contribution in [1.82, 2.24) is 10.1 Å². The highest BCUT2D eigenvalue weighted by molar-refractivity contribution is 5.93. The van der Waals surface area contributed by atoms with Gasteiger partial charge >= 0.3 is 0 Å². The summed E-state index contributed by atoms with van der Waals surface area (Å²) in [7, 11) is 0. The van der Waals surface area contributed by atoms with Crippen LogP contribution in [-0.2, 0) is 16.0 Å². The first-order valence-electron chi connectivity index (χ1n) is 8.60. The number of hydrogen-bond donors (Lipinski definition) is 1. The van der Waals surface area contributed by atoms with E-state index in [1.807, 2.05) is 44.2 Å². The van der Waals surface area contributed by atoms with E-state index >= 15 is 0 Å². The zero-order valence-electron chi connectivity index (χ0n) is 14.6. The number of aromatic nitrogens is 1.